The molecular formula is C21H18N4O2S2. The van der Waals surface area contributed by atoms with Crippen LogP contribution in [0.5, 0.6) is 0 Å². The van der Waals surface area contributed by atoms with Crippen LogP contribution in [0.2, 0.25) is 0 Å². The van der Waals surface area contributed by atoms with Crippen molar-refractivity contribution < 1.29 is 9.59 Å². The molecule has 0 atom stereocenters. The molecule has 3 rings (SSSR count). The lowest BCUT2D eigenvalue weighted by molar-refractivity contribution is -0.119. The SMILES string of the molecule is Cc1nc(-c2ccccc2)sc1C(=O)NNC(=O)CSCc1ccc(C#N)cc1. The Labute approximate surface area is 177 Å². The Morgan fingerprint density at radius 2 is 1.83 bits per heavy atom. The topological polar surface area (TPSA) is 94.9 Å². The molecule has 0 aliphatic rings. The van der Waals surface area contributed by atoms with Crippen LogP contribution in [-0.2, 0) is 10.5 Å². The van der Waals surface area contributed by atoms with Gasteiger partial charge in [-0.1, -0.05) is 42.5 Å². The van der Waals surface area contributed by atoms with E-state index in [1.165, 1.54) is 23.1 Å². The molecule has 8 heteroatoms. The van der Waals surface area contributed by atoms with Crippen molar-refractivity contribution in [2.45, 2.75) is 12.7 Å². The van der Waals surface area contributed by atoms with Gasteiger partial charge in [0, 0.05) is 11.3 Å². The van der Waals surface area contributed by atoms with Gasteiger partial charge in [-0.2, -0.15) is 5.26 Å². The number of nitrogens with zero attached hydrogens (tertiary/aromatic N) is 2. The fourth-order valence-corrected chi connectivity index (χ4v) is 4.22. The number of hydrazine groups is 1. The molecule has 0 saturated heterocycles. The lowest BCUT2D eigenvalue weighted by Gasteiger charge is -2.06. The van der Waals surface area contributed by atoms with E-state index in [-0.39, 0.29) is 17.6 Å². The van der Waals surface area contributed by atoms with Gasteiger partial charge in [-0.15, -0.1) is 23.1 Å². The van der Waals surface area contributed by atoms with Gasteiger partial charge in [0.05, 0.1) is 23.1 Å². The lowest BCUT2D eigenvalue weighted by Crippen LogP contribution is -2.42. The summed E-state index contributed by atoms with van der Waals surface area (Å²) in [5, 5.41) is 9.56. The van der Waals surface area contributed by atoms with E-state index in [1.54, 1.807) is 19.1 Å². The van der Waals surface area contributed by atoms with E-state index in [1.807, 2.05) is 42.5 Å². The smallest absolute Gasteiger partial charge is 0.272 e. The van der Waals surface area contributed by atoms with E-state index in [2.05, 4.69) is 21.9 Å². The molecular weight excluding hydrogens is 404 g/mol. The van der Waals surface area contributed by atoms with Crippen molar-refractivity contribution in [1.82, 2.24) is 15.8 Å². The van der Waals surface area contributed by atoms with Crippen molar-refractivity contribution >= 4 is 34.9 Å². The number of rotatable bonds is 6. The fourth-order valence-electron chi connectivity index (χ4n) is 2.47. The Morgan fingerprint density at radius 1 is 1.10 bits per heavy atom. The van der Waals surface area contributed by atoms with Crippen LogP contribution in [0.1, 0.15) is 26.5 Å². The van der Waals surface area contributed by atoms with Crippen molar-refractivity contribution in [2.24, 2.45) is 0 Å². The number of hydrogen-bond donors (Lipinski definition) is 2. The Morgan fingerprint density at radius 3 is 2.52 bits per heavy atom. The highest BCUT2D eigenvalue weighted by molar-refractivity contribution is 7.99. The first-order chi connectivity index (χ1) is 14.1. The molecule has 0 bridgehead atoms. The number of thiazole rings is 1. The fraction of sp³-hybridized carbons (Fsp3) is 0.143. The van der Waals surface area contributed by atoms with Crippen LogP contribution in [0.15, 0.2) is 54.6 Å². The number of thioether (sulfide) groups is 1. The number of benzene rings is 2. The summed E-state index contributed by atoms with van der Waals surface area (Å²) in [7, 11) is 0. The van der Waals surface area contributed by atoms with Crippen LogP contribution in [0.3, 0.4) is 0 Å². The van der Waals surface area contributed by atoms with Crippen LogP contribution in [-0.4, -0.2) is 22.6 Å². The average molecular weight is 423 g/mol. The molecule has 0 spiro atoms. The third-order valence-corrected chi connectivity index (χ3v) is 6.13. The molecule has 2 aromatic carbocycles. The highest BCUT2D eigenvalue weighted by atomic mass is 32.2. The van der Waals surface area contributed by atoms with Gasteiger partial charge in [-0.05, 0) is 24.6 Å². The molecule has 29 heavy (non-hydrogen) atoms. The van der Waals surface area contributed by atoms with Gasteiger partial charge in [0.15, 0.2) is 0 Å². The number of carbonyl (C=O) groups excluding carboxylic acids is 2. The summed E-state index contributed by atoms with van der Waals surface area (Å²) in [5.74, 6) is 0.175. The van der Waals surface area contributed by atoms with E-state index in [0.29, 0.717) is 21.9 Å². The molecule has 0 fully saturated rings. The second-order valence-corrected chi connectivity index (χ2v) is 8.09. The molecule has 146 valence electrons. The third-order valence-electron chi connectivity index (χ3n) is 3.92. The van der Waals surface area contributed by atoms with Crippen molar-refractivity contribution in [2.75, 3.05) is 5.75 Å². The number of nitriles is 1. The Hall–Kier alpha value is -3.15. The largest absolute Gasteiger partial charge is 0.281 e. The second kappa shape index (κ2) is 9.87. The van der Waals surface area contributed by atoms with Crippen molar-refractivity contribution in [3.8, 4) is 16.6 Å². The molecule has 6 nitrogen and oxygen atoms in total. The number of carbonyl (C=O) groups is 2. The predicted molar refractivity (Wildman–Crippen MR) is 115 cm³/mol. The molecule has 0 aliphatic heterocycles. The van der Waals surface area contributed by atoms with Crippen LogP contribution < -0.4 is 10.9 Å². The van der Waals surface area contributed by atoms with Crippen LogP contribution in [0.25, 0.3) is 10.6 Å². The average Bonchev–Trinajstić information content (AvgIpc) is 3.15. The van der Waals surface area contributed by atoms with E-state index in [9.17, 15) is 9.59 Å². The summed E-state index contributed by atoms with van der Waals surface area (Å²) in [4.78, 5) is 29.3. The van der Waals surface area contributed by atoms with Gasteiger partial charge in [-0.3, -0.25) is 20.4 Å². The van der Waals surface area contributed by atoms with Gasteiger partial charge < -0.3 is 0 Å². The summed E-state index contributed by atoms with van der Waals surface area (Å²) in [6.07, 6.45) is 0. The molecule has 2 amide bonds. The Bertz CT molecular complexity index is 1040. The zero-order chi connectivity index (χ0) is 20.6. The monoisotopic (exact) mass is 422 g/mol. The zero-order valence-corrected chi connectivity index (χ0v) is 17.3. The first-order valence-corrected chi connectivity index (χ1v) is 10.7. The zero-order valence-electron chi connectivity index (χ0n) is 15.6. The van der Waals surface area contributed by atoms with Crippen molar-refractivity contribution in [3.05, 3.63) is 76.3 Å². The third kappa shape index (κ3) is 5.67. The summed E-state index contributed by atoms with van der Waals surface area (Å²) < 4.78 is 0. The molecule has 1 heterocycles. The summed E-state index contributed by atoms with van der Waals surface area (Å²) in [6.45, 7) is 1.77. The number of aryl methyl sites for hydroxylation is 1. The maximum Gasteiger partial charge on any atom is 0.281 e. The van der Waals surface area contributed by atoms with Gasteiger partial charge in [0.2, 0.25) is 5.91 Å². The molecule has 0 saturated carbocycles. The minimum Gasteiger partial charge on any atom is -0.272 e. The number of aromatic nitrogens is 1. The first-order valence-electron chi connectivity index (χ1n) is 8.75. The molecule has 0 aliphatic carbocycles. The summed E-state index contributed by atoms with van der Waals surface area (Å²) >= 11 is 2.71. The Kier molecular flexibility index (Phi) is 7.00. The minimum atomic E-state index is -0.382. The van der Waals surface area contributed by atoms with E-state index in [4.69, 9.17) is 5.26 Å². The van der Waals surface area contributed by atoms with Gasteiger partial charge in [-0.25, -0.2) is 4.98 Å². The Balaban J connectivity index is 1.47. The first kappa shape index (κ1) is 20.6. The quantitative estimate of drug-likeness (QED) is 0.591. The van der Waals surface area contributed by atoms with Crippen LogP contribution in [0.4, 0.5) is 0 Å². The molecule has 1 aromatic heterocycles. The second-order valence-electron chi connectivity index (χ2n) is 6.10. The van der Waals surface area contributed by atoms with Gasteiger partial charge in [0.1, 0.15) is 9.88 Å². The van der Waals surface area contributed by atoms with Crippen LogP contribution >= 0.6 is 23.1 Å². The standard InChI is InChI=1S/C21H18N4O2S2/c1-14-19(29-21(23-14)17-5-3-2-4-6-17)20(27)25-24-18(26)13-28-12-16-9-7-15(11-22)8-10-16/h2-10H,12-13H2,1H3,(H,24,26)(H,25,27). The summed E-state index contributed by atoms with van der Waals surface area (Å²) in [6, 6.07) is 18.9. The van der Waals surface area contributed by atoms with E-state index in [0.717, 1.165) is 16.1 Å². The van der Waals surface area contributed by atoms with Crippen molar-refractivity contribution in [1.29, 1.82) is 5.26 Å². The minimum absolute atomic E-state index is 0.206. The van der Waals surface area contributed by atoms with Crippen LogP contribution in [0, 0.1) is 18.3 Å². The summed E-state index contributed by atoms with van der Waals surface area (Å²) in [5.41, 5.74) is 8.09. The number of amides is 2. The normalized spacial score (nSPS) is 10.2. The number of hydrogen-bond acceptors (Lipinski definition) is 6. The van der Waals surface area contributed by atoms with E-state index >= 15 is 0 Å². The lowest BCUT2D eigenvalue weighted by atomic mass is 10.2. The highest BCUT2D eigenvalue weighted by Gasteiger charge is 2.16. The van der Waals surface area contributed by atoms with Gasteiger partial charge >= 0.3 is 0 Å². The molecule has 3 aromatic rings. The molecule has 0 radical (unpaired) electrons. The highest BCUT2D eigenvalue weighted by Crippen LogP contribution is 2.27. The maximum absolute atomic E-state index is 12.4. The molecule has 0 unspecified atom stereocenters. The van der Waals surface area contributed by atoms with E-state index < -0.39 is 0 Å². The number of nitrogens with one attached hydrogen (secondary N) is 2. The maximum atomic E-state index is 12.4. The predicted octanol–water partition coefficient (Wildman–Crippen LogP) is 3.68. The molecule has 2 N–H and O–H groups in total. The van der Waals surface area contributed by atoms with Crippen molar-refractivity contribution in [3.63, 3.8) is 0 Å². The van der Waals surface area contributed by atoms with Gasteiger partial charge in [0.25, 0.3) is 5.91 Å².